The molecule has 2 aliphatic rings. The normalized spacial score (nSPS) is 30.6. The van der Waals surface area contributed by atoms with Gasteiger partial charge in [-0.25, -0.2) is 0 Å². The Labute approximate surface area is 93.0 Å². The first kappa shape index (κ1) is 11.4. The lowest BCUT2D eigenvalue weighted by Gasteiger charge is -2.38. The van der Waals surface area contributed by atoms with E-state index in [9.17, 15) is 0 Å². The number of rotatable bonds is 3. The van der Waals surface area contributed by atoms with Crippen molar-refractivity contribution < 1.29 is 4.74 Å². The van der Waals surface area contributed by atoms with Crippen molar-refractivity contribution in [1.82, 2.24) is 4.90 Å². The zero-order valence-corrected chi connectivity index (χ0v) is 9.66. The van der Waals surface area contributed by atoms with Gasteiger partial charge in [0.2, 0.25) is 0 Å². The summed E-state index contributed by atoms with van der Waals surface area (Å²) < 4.78 is 5.40. The molecule has 0 saturated carbocycles. The monoisotopic (exact) mass is 212 g/mol. The summed E-state index contributed by atoms with van der Waals surface area (Å²) in [6.45, 7) is 5.28. The van der Waals surface area contributed by atoms with Crippen molar-refractivity contribution in [3.63, 3.8) is 0 Å². The number of likely N-dealkylation sites (tertiary alicyclic amines) is 1. The summed E-state index contributed by atoms with van der Waals surface area (Å²) in [7, 11) is 0. The second kappa shape index (κ2) is 5.83. The van der Waals surface area contributed by atoms with Crippen molar-refractivity contribution >= 4 is 0 Å². The standard InChI is InChI=1S/C12H24N2O/c13-9-12-3-1-2-6-14(12)10-11-4-7-15-8-5-11/h11-12H,1-10,13H2. The van der Waals surface area contributed by atoms with E-state index < -0.39 is 0 Å². The number of hydrogen-bond donors (Lipinski definition) is 1. The van der Waals surface area contributed by atoms with Crippen LogP contribution in [0.5, 0.6) is 0 Å². The predicted octanol–water partition coefficient (Wildman–Crippen LogP) is 1.23. The molecule has 2 heterocycles. The molecule has 0 aliphatic carbocycles. The smallest absolute Gasteiger partial charge is 0.0469 e. The van der Waals surface area contributed by atoms with Crippen molar-refractivity contribution in [2.75, 3.05) is 32.8 Å². The van der Waals surface area contributed by atoms with Crippen molar-refractivity contribution in [2.45, 2.75) is 38.1 Å². The predicted molar refractivity (Wildman–Crippen MR) is 61.8 cm³/mol. The first-order valence-corrected chi connectivity index (χ1v) is 6.42. The fourth-order valence-corrected chi connectivity index (χ4v) is 2.83. The summed E-state index contributed by atoms with van der Waals surface area (Å²) in [6.07, 6.45) is 6.52. The highest BCUT2D eigenvalue weighted by atomic mass is 16.5. The van der Waals surface area contributed by atoms with Crippen LogP contribution in [0.3, 0.4) is 0 Å². The van der Waals surface area contributed by atoms with Crippen LogP contribution in [0.4, 0.5) is 0 Å². The van der Waals surface area contributed by atoms with E-state index in [2.05, 4.69) is 4.90 Å². The molecule has 2 N–H and O–H groups in total. The molecular formula is C12H24N2O. The number of nitrogens with zero attached hydrogens (tertiary/aromatic N) is 1. The topological polar surface area (TPSA) is 38.5 Å². The van der Waals surface area contributed by atoms with Crippen LogP contribution in [0.15, 0.2) is 0 Å². The molecule has 2 saturated heterocycles. The summed E-state index contributed by atoms with van der Waals surface area (Å²) in [5, 5.41) is 0. The molecule has 1 atom stereocenters. The Balaban J connectivity index is 1.79. The van der Waals surface area contributed by atoms with E-state index in [1.807, 2.05) is 0 Å². The van der Waals surface area contributed by atoms with Crippen LogP contribution >= 0.6 is 0 Å². The molecule has 0 bridgehead atoms. The molecule has 0 radical (unpaired) electrons. The molecule has 0 aromatic heterocycles. The molecule has 1 unspecified atom stereocenters. The molecule has 2 rings (SSSR count). The minimum Gasteiger partial charge on any atom is -0.381 e. The van der Waals surface area contributed by atoms with Gasteiger partial charge < -0.3 is 10.5 Å². The van der Waals surface area contributed by atoms with E-state index in [0.717, 1.165) is 25.7 Å². The summed E-state index contributed by atoms with van der Waals surface area (Å²) in [5.74, 6) is 0.853. The zero-order chi connectivity index (χ0) is 10.5. The molecule has 3 nitrogen and oxygen atoms in total. The van der Waals surface area contributed by atoms with Crippen LogP contribution in [0.2, 0.25) is 0 Å². The minimum absolute atomic E-state index is 0.654. The number of ether oxygens (including phenoxy) is 1. The van der Waals surface area contributed by atoms with Crippen molar-refractivity contribution in [3.05, 3.63) is 0 Å². The summed E-state index contributed by atoms with van der Waals surface area (Å²) in [4.78, 5) is 2.62. The van der Waals surface area contributed by atoms with Crippen LogP contribution in [0.1, 0.15) is 32.1 Å². The molecule has 0 amide bonds. The maximum absolute atomic E-state index is 5.83. The van der Waals surface area contributed by atoms with Gasteiger partial charge in [-0.05, 0) is 38.1 Å². The van der Waals surface area contributed by atoms with E-state index in [0.29, 0.717) is 6.04 Å². The number of nitrogens with two attached hydrogens (primary N) is 1. The van der Waals surface area contributed by atoms with Crippen LogP contribution in [-0.2, 0) is 4.74 Å². The van der Waals surface area contributed by atoms with E-state index in [-0.39, 0.29) is 0 Å². The minimum atomic E-state index is 0.654. The van der Waals surface area contributed by atoms with E-state index in [1.165, 1.54) is 45.2 Å². The second-order valence-electron chi connectivity index (χ2n) is 4.94. The fourth-order valence-electron chi connectivity index (χ4n) is 2.83. The zero-order valence-electron chi connectivity index (χ0n) is 9.66. The van der Waals surface area contributed by atoms with Gasteiger partial charge in [0.1, 0.15) is 0 Å². The van der Waals surface area contributed by atoms with Gasteiger partial charge >= 0.3 is 0 Å². The molecule has 0 aromatic carbocycles. The van der Waals surface area contributed by atoms with E-state index in [4.69, 9.17) is 10.5 Å². The molecule has 0 spiro atoms. The third kappa shape index (κ3) is 3.16. The SMILES string of the molecule is NCC1CCCCN1CC1CCOCC1. The third-order valence-electron chi connectivity index (χ3n) is 3.85. The summed E-state index contributed by atoms with van der Waals surface area (Å²) >= 11 is 0. The summed E-state index contributed by atoms with van der Waals surface area (Å²) in [5.41, 5.74) is 5.83. The van der Waals surface area contributed by atoms with Crippen LogP contribution in [0, 0.1) is 5.92 Å². The van der Waals surface area contributed by atoms with Crippen molar-refractivity contribution in [1.29, 1.82) is 0 Å². The first-order chi connectivity index (χ1) is 7.40. The quantitative estimate of drug-likeness (QED) is 0.764. The Bertz CT molecular complexity index is 180. The highest BCUT2D eigenvalue weighted by Crippen LogP contribution is 2.21. The van der Waals surface area contributed by atoms with Gasteiger partial charge in [-0.1, -0.05) is 6.42 Å². The molecule has 0 aromatic rings. The molecule has 2 aliphatic heterocycles. The molecule has 88 valence electrons. The number of piperidine rings is 1. The van der Waals surface area contributed by atoms with E-state index >= 15 is 0 Å². The van der Waals surface area contributed by atoms with Gasteiger partial charge in [-0.15, -0.1) is 0 Å². The lowest BCUT2D eigenvalue weighted by Crippen LogP contribution is -2.46. The Hall–Kier alpha value is -0.120. The Morgan fingerprint density at radius 2 is 1.93 bits per heavy atom. The van der Waals surface area contributed by atoms with Crippen LogP contribution < -0.4 is 5.73 Å². The van der Waals surface area contributed by atoms with Crippen LogP contribution in [-0.4, -0.2) is 43.8 Å². The number of hydrogen-bond acceptors (Lipinski definition) is 3. The maximum atomic E-state index is 5.83. The third-order valence-corrected chi connectivity index (χ3v) is 3.85. The van der Waals surface area contributed by atoms with Crippen LogP contribution in [0.25, 0.3) is 0 Å². The maximum Gasteiger partial charge on any atom is 0.0469 e. The molecular weight excluding hydrogens is 188 g/mol. The average Bonchev–Trinajstić information content (AvgIpc) is 2.31. The van der Waals surface area contributed by atoms with Gasteiger partial charge in [0.25, 0.3) is 0 Å². The van der Waals surface area contributed by atoms with Gasteiger partial charge in [0.15, 0.2) is 0 Å². The highest BCUT2D eigenvalue weighted by Gasteiger charge is 2.24. The molecule has 3 heteroatoms. The highest BCUT2D eigenvalue weighted by molar-refractivity contribution is 4.80. The van der Waals surface area contributed by atoms with Crippen molar-refractivity contribution in [2.24, 2.45) is 11.7 Å². The largest absolute Gasteiger partial charge is 0.381 e. The van der Waals surface area contributed by atoms with E-state index in [1.54, 1.807) is 0 Å². The lowest BCUT2D eigenvalue weighted by atomic mass is 9.95. The fraction of sp³-hybridized carbons (Fsp3) is 1.00. The Morgan fingerprint density at radius 1 is 1.13 bits per heavy atom. The summed E-state index contributed by atoms with van der Waals surface area (Å²) in [6, 6.07) is 0.654. The average molecular weight is 212 g/mol. The van der Waals surface area contributed by atoms with Gasteiger partial charge in [0, 0.05) is 32.3 Å². The van der Waals surface area contributed by atoms with Gasteiger partial charge in [0.05, 0.1) is 0 Å². The Morgan fingerprint density at radius 3 is 2.67 bits per heavy atom. The van der Waals surface area contributed by atoms with Crippen molar-refractivity contribution in [3.8, 4) is 0 Å². The van der Waals surface area contributed by atoms with Gasteiger partial charge in [-0.3, -0.25) is 4.90 Å². The van der Waals surface area contributed by atoms with Gasteiger partial charge in [-0.2, -0.15) is 0 Å². The lowest BCUT2D eigenvalue weighted by molar-refractivity contribution is 0.0396. The Kier molecular flexibility index (Phi) is 4.42. The molecule has 15 heavy (non-hydrogen) atoms. The molecule has 2 fully saturated rings. The second-order valence-corrected chi connectivity index (χ2v) is 4.94. The first-order valence-electron chi connectivity index (χ1n) is 6.42.